The molecule has 6 heteroatoms. The molecule has 0 aromatic carbocycles. The Hall–Kier alpha value is -1.20. The van der Waals surface area contributed by atoms with E-state index < -0.39 is 17.8 Å². The van der Waals surface area contributed by atoms with Crippen LogP contribution in [0.1, 0.15) is 33.1 Å². The smallest absolute Gasteiger partial charge is 0.412 e. The van der Waals surface area contributed by atoms with E-state index in [0.29, 0.717) is 13.2 Å². The van der Waals surface area contributed by atoms with Crippen molar-refractivity contribution in [3.05, 3.63) is 11.1 Å². The summed E-state index contributed by atoms with van der Waals surface area (Å²) in [5, 5.41) is 0. The van der Waals surface area contributed by atoms with Crippen LogP contribution in [-0.2, 0) is 4.74 Å². The Balaban J connectivity index is 2.53. The molecule has 0 bridgehead atoms. The minimum absolute atomic E-state index is 0.0241. The number of carbonyl (C=O) groups excluding carboxylic acids is 1. The molecule has 1 aliphatic rings. The fourth-order valence-corrected chi connectivity index (χ4v) is 1.72. The van der Waals surface area contributed by atoms with E-state index >= 15 is 0 Å². The minimum atomic E-state index is -4.31. The Morgan fingerprint density at radius 2 is 2.11 bits per heavy atom. The lowest BCUT2D eigenvalue weighted by Gasteiger charge is -2.15. The molecule has 0 atom stereocenters. The molecule has 104 valence electrons. The van der Waals surface area contributed by atoms with Gasteiger partial charge >= 0.3 is 12.3 Å². The largest absolute Gasteiger partial charge is 0.449 e. The third-order valence-corrected chi connectivity index (χ3v) is 3.00. The number of rotatable bonds is 3. The molecule has 1 rings (SSSR count). The lowest BCUT2D eigenvalue weighted by Crippen LogP contribution is -2.29. The maximum Gasteiger partial charge on any atom is 0.412 e. The molecule has 1 fully saturated rings. The van der Waals surface area contributed by atoms with Gasteiger partial charge in [-0.25, -0.2) is 4.79 Å². The number of unbranched alkanes of at least 4 members (excludes halogenated alkanes) is 1. The second-order valence-electron chi connectivity index (χ2n) is 4.37. The predicted molar refractivity (Wildman–Crippen MR) is 61.2 cm³/mol. The molecule has 3 nitrogen and oxygen atoms in total. The van der Waals surface area contributed by atoms with Gasteiger partial charge in [0.1, 0.15) is 0 Å². The molecule has 1 amide bonds. The number of allylic oxidation sites excluding steroid dienone is 1. The van der Waals surface area contributed by atoms with Crippen molar-refractivity contribution in [1.29, 1.82) is 0 Å². The van der Waals surface area contributed by atoms with Gasteiger partial charge in [0, 0.05) is 18.7 Å². The van der Waals surface area contributed by atoms with Crippen molar-refractivity contribution in [2.45, 2.75) is 39.3 Å². The van der Waals surface area contributed by atoms with Gasteiger partial charge in [0.15, 0.2) is 0 Å². The molecule has 1 saturated heterocycles. The van der Waals surface area contributed by atoms with E-state index in [1.165, 1.54) is 4.90 Å². The molecule has 1 aliphatic heterocycles. The van der Waals surface area contributed by atoms with E-state index in [-0.39, 0.29) is 18.5 Å². The summed E-state index contributed by atoms with van der Waals surface area (Å²) in [5.41, 5.74) is -0.318. The third kappa shape index (κ3) is 3.92. The molecule has 0 aromatic heterocycles. The summed E-state index contributed by atoms with van der Waals surface area (Å²) in [5.74, 6) is 0. The number of ether oxygens (including phenoxy) is 1. The highest BCUT2D eigenvalue weighted by atomic mass is 19.4. The number of nitrogens with zero attached hydrogens (tertiary/aromatic N) is 1. The highest BCUT2D eigenvalue weighted by Gasteiger charge is 2.35. The van der Waals surface area contributed by atoms with Crippen LogP contribution in [0.2, 0.25) is 0 Å². The summed E-state index contributed by atoms with van der Waals surface area (Å²) in [6.45, 7) is 3.67. The van der Waals surface area contributed by atoms with Crippen LogP contribution in [0, 0.1) is 0 Å². The van der Waals surface area contributed by atoms with Crippen LogP contribution in [0.5, 0.6) is 0 Å². The van der Waals surface area contributed by atoms with Crippen LogP contribution in [0.15, 0.2) is 11.1 Å². The van der Waals surface area contributed by atoms with E-state index in [2.05, 4.69) is 0 Å². The minimum Gasteiger partial charge on any atom is -0.449 e. The highest BCUT2D eigenvalue weighted by molar-refractivity contribution is 5.68. The van der Waals surface area contributed by atoms with Crippen LogP contribution in [0.4, 0.5) is 18.0 Å². The molecule has 18 heavy (non-hydrogen) atoms. The van der Waals surface area contributed by atoms with E-state index in [4.69, 9.17) is 4.74 Å². The zero-order valence-corrected chi connectivity index (χ0v) is 10.6. The lowest BCUT2D eigenvalue weighted by molar-refractivity contribution is -0.0923. The molecule has 0 aromatic rings. The maximum atomic E-state index is 12.5. The first-order valence-electron chi connectivity index (χ1n) is 6.03. The molecular weight excluding hydrogens is 247 g/mol. The number of halogens is 3. The summed E-state index contributed by atoms with van der Waals surface area (Å²) < 4.78 is 42.4. The van der Waals surface area contributed by atoms with Gasteiger partial charge in [0.05, 0.1) is 6.61 Å². The number of alkyl halides is 3. The predicted octanol–water partition coefficient (Wildman–Crippen LogP) is 3.51. The lowest BCUT2D eigenvalue weighted by atomic mass is 10.1. The van der Waals surface area contributed by atoms with Crippen molar-refractivity contribution < 1.29 is 22.7 Å². The van der Waals surface area contributed by atoms with Gasteiger partial charge in [0.25, 0.3) is 0 Å². The van der Waals surface area contributed by atoms with Gasteiger partial charge in [-0.3, -0.25) is 0 Å². The van der Waals surface area contributed by atoms with E-state index in [0.717, 1.165) is 19.8 Å². The van der Waals surface area contributed by atoms with Gasteiger partial charge < -0.3 is 9.64 Å². The maximum absolute atomic E-state index is 12.5. The van der Waals surface area contributed by atoms with Crippen LogP contribution in [-0.4, -0.2) is 36.9 Å². The van der Waals surface area contributed by atoms with Gasteiger partial charge in [-0.05, 0) is 25.3 Å². The van der Waals surface area contributed by atoms with Gasteiger partial charge in [-0.1, -0.05) is 13.3 Å². The second kappa shape index (κ2) is 6.11. The number of carbonyl (C=O) groups is 1. The third-order valence-electron chi connectivity index (χ3n) is 3.00. The van der Waals surface area contributed by atoms with Gasteiger partial charge in [-0.15, -0.1) is 0 Å². The first-order chi connectivity index (χ1) is 8.36. The number of hydrogen-bond donors (Lipinski definition) is 0. The summed E-state index contributed by atoms with van der Waals surface area (Å²) in [7, 11) is 0. The standard InChI is InChI=1S/C12H18F3NO2/c1-3-4-7-18-11(17)16-6-5-10(8-16)9(2)12(13,14)15/h3-8H2,1-2H3/b10-9-. The van der Waals surface area contributed by atoms with Crippen molar-refractivity contribution >= 4 is 6.09 Å². The Labute approximate surface area is 105 Å². The Morgan fingerprint density at radius 1 is 1.44 bits per heavy atom. The topological polar surface area (TPSA) is 29.5 Å². The Morgan fingerprint density at radius 3 is 2.67 bits per heavy atom. The molecule has 0 N–H and O–H groups in total. The zero-order valence-electron chi connectivity index (χ0n) is 10.6. The quantitative estimate of drug-likeness (QED) is 0.577. The SMILES string of the molecule is CCCCOC(=O)N1CC/C(=C(\C)C(F)(F)F)C1. The van der Waals surface area contributed by atoms with Crippen molar-refractivity contribution in [2.75, 3.05) is 19.7 Å². The van der Waals surface area contributed by atoms with Crippen LogP contribution in [0.25, 0.3) is 0 Å². The summed E-state index contributed by atoms with van der Waals surface area (Å²) in [4.78, 5) is 12.9. The zero-order chi connectivity index (χ0) is 13.8. The molecule has 0 unspecified atom stereocenters. The van der Waals surface area contributed by atoms with Crippen LogP contribution in [0.3, 0.4) is 0 Å². The number of hydrogen-bond acceptors (Lipinski definition) is 2. The molecule has 0 saturated carbocycles. The average Bonchev–Trinajstić information content (AvgIpc) is 2.76. The van der Waals surface area contributed by atoms with Crippen LogP contribution < -0.4 is 0 Å². The first-order valence-corrected chi connectivity index (χ1v) is 6.03. The van der Waals surface area contributed by atoms with Crippen LogP contribution >= 0.6 is 0 Å². The van der Waals surface area contributed by atoms with Crippen molar-refractivity contribution in [3.8, 4) is 0 Å². The molecule has 0 aliphatic carbocycles. The van der Waals surface area contributed by atoms with Gasteiger partial charge in [-0.2, -0.15) is 13.2 Å². The number of likely N-dealkylation sites (tertiary alicyclic amines) is 1. The summed E-state index contributed by atoms with van der Waals surface area (Å²) in [6, 6.07) is 0. The molecule has 0 radical (unpaired) electrons. The Kier molecular flexibility index (Phi) is 5.04. The highest BCUT2D eigenvalue weighted by Crippen LogP contribution is 2.31. The van der Waals surface area contributed by atoms with Crippen molar-refractivity contribution in [3.63, 3.8) is 0 Å². The molecule has 0 spiro atoms. The molecule has 1 heterocycles. The Bertz CT molecular complexity index is 337. The fourth-order valence-electron chi connectivity index (χ4n) is 1.72. The summed E-state index contributed by atoms with van der Waals surface area (Å²) >= 11 is 0. The summed E-state index contributed by atoms with van der Waals surface area (Å²) in [6.07, 6.45) is -2.88. The van der Waals surface area contributed by atoms with Crippen molar-refractivity contribution in [2.24, 2.45) is 0 Å². The second-order valence-corrected chi connectivity index (χ2v) is 4.37. The number of amides is 1. The van der Waals surface area contributed by atoms with Gasteiger partial charge in [0.2, 0.25) is 0 Å². The fraction of sp³-hybridized carbons (Fsp3) is 0.750. The van der Waals surface area contributed by atoms with E-state index in [9.17, 15) is 18.0 Å². The molecular formula is C12H18F3NO2. The average molecular weight is 265 g/mol. The first kappa shape index (κ1) is 14.9. The van der Waals surface area contributed by atoms with Crippen molar-refractivity contribution in [1.82, 2.24) is 4.90 Å². The van der Waals surface area contributed by atoms with E-state index in [1.807, 2.05) is 6.92 Å². The normalized spacial score (nSPS) is 19.1. The monoisotopic (exact) mass is 265 g/mol. The van der Waals surface area contributed by atoms with E-state index in [1.54, 1.807) is 0 Å².